The van der Waals surface area contributed by atoms with Crippen molar-refractivity contribution in [2.45, 2.75) is 52.2 Å². The number of rotatable bonds is 12. The summed E-state index contributed by atoms with van der Waals surface area (Å²) in [6, 6.07) is 8.29. The summed E-state index contributed by atoms with van der Waals surface area (Å²) >= 11 is 18.6. The van der Waals surface area contributed by atoms with E-state index < -0.39 is 28.5 Å². The van der Waals surface area contributed by atoms with Gasteiger partial charge in [-0.1, -0.05) is 54.7 Å². The average Bonchev–Trinajstić information content (AvgIpc) is 2.82. The van der Waals surface area contributed by atoms with Gasteiger partial charge in [0.2, 0.25) is 21.8 Å². The van der Waals surface area contributed by atoms with Crippen LogP contribution in [0.1, 0.15) is 39.2 Å². The molecule has 37 heavy (non-hydrogen) atoms. The van der Waals surface area contributed by atoms with E-state index in [9.17, 15) is 18.0 Å². The third kappa shape index (κ3) is 8.40. The van der Waals surface area contributed by atoms with E-state index in [0.29, 0.717) is 34.2 Å². The van der Waals surface area contributed by atoms with Crippen LogP contribution >= 0.6 is 34.8 Å². The summed E-state index contributed by atoms with van der Waals surface area (Å²) in [5.41, 5.74) is 0.746. The number of hydrogen-bond donors (Lipinski definition) is 1. The number of hydrogen-bond acceptors (Lipinski definition) is 5. The van der Waals surface area contributed by atoms with E-state index in [1.165, 1.54) is 30.2 Å². The van der Waals surface area contributed by atoms with Crippen LogP contribution in [-0.4, -0.2) is 57.1 Å². The third-order valence-electron chi connectivity index (χ3n) is 5.85. The highest BCUT2D eigenvalue weighted by Gasteiger charge is 2.32. The highest BCUT2D eigenvalue weighted by molar-refractivity contribution is 7.92. The number of anilines is 1. The van der Waals surface area contributed by atoms with Gasteiger partial charge in [-0.25, -0.2) is 8.42 Å². The standard InChI is InChI=1S/C25H32Cl3N3O5S/c1-6-16(3)29-25(33)22(7-2)30(14-17-8-9-18(26)12-20(17)27)24(32)15-31(37(5,34)35)19-10-11-23(36-4)21(28)13-19/h8-13,16,22H,6-7,14-15H2,1-5H3,(H,29,33)/t16-,22-/m0/s1. The summed E-state index contributed by atoms with van der Waals surface area (Å²) < 4.78 is 31.5. The Morgan fingerprint density at radius 3 is 2.22 bits per heavy atom. The van der Waals surface area contributed by atoms with Crippen molar-refractivity contribution in [2.24, 2.45) is 0 Å². The number of halogens is 3. The molecule has 204 valence electrons. The topological polar surface area (TPSA) is 96.0 Å². The molecule has 0 bridgehead atoms. The first-order valence-electron chi connectivity index (χ1n) is 11.7. The van der Waals surface area contributed by atoms with Gasteiger partial charge in [0.1, 0.15) is 18.3 Å². The quantitative estimate of drug-likeness (QED) is 0.368. The maximum atomic E-state index is 13.7. The SMILES string of the molecule is CC[C@H](C)NC(=O)[C@H](CC)N(Cc1ccc(Cl)cc1Cl)C(=O)CN(c1ccc(OC)c(Cl)c1)S(C)(=O)=O. The number of nitrogens with one attached hydrogen (secondary N) is 1. The predicted molar refractivity (Wildman–Crippen MR) is 149 cm³/mol. The fourth-order valence-corrected chi connectivity index (χ4v) is 5.18. The average molecular weight is 593 g/mol. The van der Waals surface area contributed by atoms with E-state index in [0.717, 1.165) is 10.6 Å². The Kier molecular flexibility index (Phi) is 11.4. The van der Waals surface area contributed by atoms with Crippen molar-refractivity contribution < 1.29 is 22.7 Å². The maximum absolute atomic E-state index is 13.7. The van der Waals surface area contributed by atoms with Gasteiger partial charge in [-0.15, -0.1) is 0 Å². The lowest BCUT2D eigenvalue weighted by Gasteiger charge is -2.33. The first-order valence-corrected chi connectivity index (χ1v) is 14.7. The smallest absolute Gasteiger partial charge is 0.244 e. The Balaban J connectivity index is 2.50. The van der Waals surface area contributed by atoms with Crippen LogP contribution in [0, 0.1) is 0 Å². The molecular formula is C25H32Cl3N3O5S. The third-order valence-corrected chi connectivity index (χ3v) is 7.87. The van der Waals surface area contributed by atoms with Crippen molar-refractivity contribution in [2.75, 3.05) is 24.2 Å². The molecule has 0 saturated carbocycles. The predicted octanol–water partition coefficient (Wildman–Crippen LogP) is 5.14. The van der Waals surface area contributed by atoms with Crippen molar-refractivity contribution in [3.63, 3.8) is 0 Å². The second-order valence-corrected chi connectivity index (χ2v) is 11.7. The Bertz CT molecular complexity index is 1230. The summed E-state index contributed by atoms with van der Waals surface area (Å²) in [6.07, 6.45) is 2.00. The van der Waals surface area contributed by atoms with Gasteiger partial charge in [0, 0.05) is 22.6 Å². The van der Waals surface area contributed by atoms with E-state index in [4.69, 9.17) is 39.5 Å². The minimum atomic E-state index is -3.90. The number of nitrogens with zero attached hydrogens (tertiary/aromatic N) is 2. The molecule has 0 aromatic heterocycles. The molecule has 2 amide bonds. The second-order valence-electron chi connectivity index (χ2n) is 8.59. The van der Waals surface area contributed by atoms with Gasteiger partial charge >= 0.3 is 0 Å². The van der Waals surface area contributed by atoms with Gasteiger partial charge in [-0.2, -0.15) is 0 Å². The first kappa shape index (κ1) is 31.0. The van der Waals surface area contributed by atoms with Crippen molar-refractivity contribution in [3.8, 4) is 5.75 Å². The maximum Gasteiger partial charge on any atom is 0.244 e. The molecule has 0 aliphatic rings. The summed E-state index contributed by atoms with van der Waals surface area (Å²) in [5, 5.41) is 3.84. The molecule has 8 nitrogen and oxygen atoms in total. The normalized spacial score (nSPS) is 13.0. The lowest BCUT2D eigenvalue weighted by Crippen LogP contribution is -2.53. The van der Waals surface area contributed by atoms with Crippen LogP contribution < -0.4 is 14.4 Å². The Labute approximate surface area is 233 Å². The van der Waals surface area contributed by atoms with Crippen molar-refractivity contribution in [1.29, 1.82) is 0 Å². The van der Waals surface area contributed by atoms with Gasteiger partial charge < -0.3 is 15.0 Å². The summed E-state index contributed by atoms with van der Waals surface area (Å²) in [6.45, 7) is 5.00. The van der Waals surface area contributed by atoms with Crippen molar-refractivity contribution in [1.82, 2.24) is 10.2 Å². The van der Waals surface area contributed by atoms with Crippen LogP contribution in [0.25, 0.3) is 0 Å². The number of benzene rings is 2. The lowest BCUT2D eigenvalue weighted by atomic mass is 10.1. The number of sulfonamides is 1. The van der Waals surface area contributed by atoms with Crippen LogP contribution in [-0.2, 0) is 26.2 Å². The highest BCUT2D eigenvalue weighted by atomic mass is 35.5. The van der Waals surface area contributed by atoms with Crippen LogP contribution in [0.15, 0.2) is 36.4 Å². The summed E-state index contributed by atoms with van der Waals surface area (Å²) in [7, 11) is -2.46. The summed E-state index contributed by atoms with van der Waals surface area (Å²) in [5.74, 6) is -0.569. The highest BCUT2D eigenvalue weighted by Crippen LogP contribution is 2.31. The number of carbonyl (C=O) groups is 2. The van der Waals surface area contributed by atoms with Gasteiger partial charge in [-0.05, 0) is 55.7 Å². The van der Waals surface area contributed by atoms with E-state index in [1.54, 1.807) is 25.1 Å². The largest absolute Gasteiger partial charge is 0.495 e. The zero-order valence-electron chi connectivity index (χ0n) is 21.4. The molecule has 2 atom stereocenters. The van der Waals surface area contributed by atoms with Gasteiger partial charge in [-0.3, -0.25) is 13.9 Å². The zero-order valence-corrected chi connectivity index (χ0v) is 24.5. The number of carbonyl (C=O) groups excluding carboxylic acids is 2. The van der Waals surface area contributed by atoms with Crippen LogP contribution in [0.4, 0.5) is 5.69 Å². The molecule has 2 aromatic rings. The minimum absolute atomic E-state index is 0.0256. The molecule has 0 saturated heterocycles. The van der Waals surface area contributed by atoms with Gasteiger partial charge in [0.25, 0.3) is 0 Å². The Hall–Kier alpha value is -2.20. The molecule has 2 rings (SSSR count). The Morgan fingerprint density at radius 2 is 1.70 bits per heavy atom. The van der Waals surface area contributed by atoms with E-state index in [-0.39, 0.29) is 29.2 Å². The number of amides is 2. The van der Waals surface area contributed by atoms with Crippen LogP contribution in [0.3, 0.4) is 0 Å². The molecule has 0 unspecified atom stereocenters. The molecular weight excluding hydrogens is 561 g/mol. The first-order chi connectivity index (χ1) is 17.3. The lowest BCUT2D eigenvalue weighted by molar-refractivity contribution is -0.140. The van der Waals surface area contributed by atoms with E-state index >= 15 is 0 Å². The van der Waals surface area contributed by atoms with Crippen molar-refractivity contribution >= 4 is 62.3 Å². The summed E-state index contributed by atoms with van der Waals surface area (Å²) in [4.78, 5) is 28.2. The van der Waals surface area contributed by atoms with Gasteiger partial charge in [0.05, 0.1) is 24.1 Å². The van der Waals surface area contributed by atoms with Crippen LogP contribution in [0.2, 0.25) is 15.1 Å². The molecule has 0 radical (unpaired) electrons. The fourth-order valence-electron chi connectivity index (χ4n) is 3.62. The molecule has 0 aliphatic carbocycles. The second kappa shape index (κ2) is 13.6. The number of methoxy groups -OCH3 is 1. The molecule has 0 aliphatic heterocycles. The molecule has 12 heteroatoms. The van der Waals surface area contributed by atoms with E-state index in [1.807, 2.05) is 13.8 Å². The minimum Gasteiger partial charge on any atom is -0.495 e. The molecule has 0 spiro atoms. The Morgan fingerprint density at radius 1 is 1.03 bits per heavy atom. The fraction of sp³-hybridized carbons (Fsp3) is 0.440. The van der Waals surface area contributed by atoms with Crippen molar-refractivity contribution in [3.05, 3.63) is 57.0 Å². The molecule has 2 aromatic carbocycles. The molecule has 1 N–H and O–H groups in total. The van der Waals surface area contributed by atoms with E-state index in [2.05, 4.69) is 5.32 Å². The number of ether oxygens (including phenoxy) is 1. The zero-order chi connectivity index (χ0) is 27.9. The molecule has 0 fully saturated rings. The molecule has 0 heterocycles. The monoisotopic (exact) mass is 591 g/mol. The van der Waals surface area contributed by atoms with Gasteiger partial charge in [0.15, 0.2) is 0 Å². The van der Waals surface area contributed by atoms with Crippen LogP contribution in [0.5, 0.6) is 5.75 Å².